The molecule has 1 N–H and O–H groups in total. The number of nitrogens with one attached hydrogen (secondary N) is 1. The van der Waals surface area contributed by atoms with Gasteiger partial charge in [0.1, 0.15) is 4.47 Å². The number of aromatic nitrogens is 4. The number of anilines is 1. The summed E-state index contributed by atoms with van der Waals surface area (Å²) < 4.78 is 3.45. The van der Waals surface area contributed by atoms with Crippen molar-refractivity contribution in [2.24, 2.45) is 0 Å². The second-order valence-electron chi connectivity index (χ2n) is 6.45. The smallest absolute Gasteiger partial charge is 0.358 e. The van der Waals surface area contributed by atoms with Crippen molar-refractivity contribution < 1.29 is 9.72 Å². The third-order valence-corrected chi connectivity index (χ3v) is 5.10. The Labute approximate surface area is 179 Å². The Morgan fingerprint density at radius 3 is 2.76 bits per heavy atom. The number of hydrogen-bond acceptors (Lipinski definition) is 5. The standard InChI is InChI=1S/C18H18BrClN6O3/c1-11-17(12(2)25(22-11)9-13-4-3-5-14(20)8-13)21-16(27)6-7-24-10-15(19)18(23-24)26(28)29/h3-5,8,10H,6-7,9H2,1-2H3,(H,21,27). The van der Waals surface area contributed by atoms with Gasteiger partial charge >= 0.3 is 5.82 Å². The Hall–Kier alpha value is -2.72. The summed E-state index contributed by atoms with van der Waals surface area (Å²) in [5.74, 6) is -0.507. The number of halogens is 2. The molecule has 0 saturated carbocycles. The summed E-state index contributed by atoms with van der Waals surface area (Å²) in [6, 6.07) is 7.52. The predicted molar refractivity (Wildman–Crippen MR) is 112 cm³/mol. The van der Waals surface area contributed by atoms with Gasteiger partial charge in [0.05, 0.1) is 41.5 Å². The first-order chi connectivity index (χ1) is 13.7. The number of aryl methyl sites for hydroxylation is 2. The van der Waals surface area contributed by atoms with Crippen LogP contribution in [-0.4, -0.2) is 30.4 Å². The predicted octanol–water partition coefficient (Wildman–Crippen LogP) is 4.10. The summed E-state index contributed by atoms with van der Waals surface area (Å²) in [6.45, 7) is 4.46. The largest absolute Gasteiger partial charge is 0.404 e. The Morgan fingerprint density at radius 2 is 2.10 bits per heavy atom. The highest BCUT2D eigenvalue weighted by Crippen LogP contribution is 2.23. The van der Waals surface area contributed by atoms with Crippen LogP contribution in [0.2, 0.25) is 5.02 Å². The zero-order valence-electron chi connectivity index (χ0n) is 15.7. The lowest BCUT2D eigenvalue weighted by Gasteiger charge is -2.07. The number of benzene rings is 1. The molecule has 0 saturated heterocycles. The molecule has 0 atom stereocenters. The quantitative estimate of drug-likeness (QED) is 0.404. The topological polar surface area (TPSA) is 108 Å². The average molecular weight is 482 g/mol. The van der Waals surface area contributed by atoms with Gasteiger partial charge in [-0.1, -0.05) is 23.7 Å². The molecule has 0 bridgehead atoms. The van der Waals surface area contributed by atoms with Crippen molar-refractivity contribution in [3.63, 3.8) is 0 Å². The monoisotopic (exact) mass is 480 g/mol. The zero-order chi connectivity index (χ0) is 21.1. The second-order valence-corrected chi connectivity index (χ2v) is 7.74. The number of carbonyl (C=O) groups is 1. The fourth-order valence-electron chi connectivity index (χ4n) is 2.88. The third-order valence-electron chi connectivity index (χ3n) is 4.31. The van der Waals surface area contributed by atoms with Crippen LogP contribution in [0.1, 0.15) is 23.4 Å². The lowest BCUT2D eigenvalue weighted by atomic mass is 10.2. The fraction of sp³-hybridized carbons (Fsp3) is 0.278. The van der Waals surface area contributed by atoms with Crippen LogP contribution in [0.4, 0.5) is 11.5 Å². The van der Waals surface area contributed by atoms with E-state index in [1.54, 1.807) is 0 Å². The van der Waals surface area contributed by atoms with E-state index in [4.69, 9.17) is 11.6 Å². The van der Waals surface area contributed by atoms with Gasteiger partial charge in [-0.3, -0.25) is 9.48 Å². The van der Waals surface area contributed by atoms with Crippen LogP contribution in [0.3, 0.4) is 0 Å². The average Bonchev–Trinajstić information content (AvgIpc) is 3.15. The molecule has 9 nitrogen and oxygen atoms in total. The van der Waals surface area contributed by atoms with Crippen molar-refractivity contribution in [1.29, 1.82) is 0 Å². The molecule has 3 aromatic rings. The molecule has 2 heterocycles. The third kappa shape index (κ3) is 5.01. The van der Waals surface area contributed by atoms with Crippen LogP contribution >= 0.6 is 27.5 Å². The highest BCUT2D eigenvalue weighted by atomic mass is 79.9. The van der Waals surface area contributed by atoms with Crippen molar-refractivity contribution in [3.05, 3.63) is 67.0 Å². The number of nitro groups is 1. The van der Waals surface area contributed by atoms with E-state index in [0.717, 1.165) is 11.3 Å². The van der Waals surface area contributed by atoms with Crippen LogP contribution in [-0.2, 0) is 17.9 Å². The molecular formula is C18H18BrClN6O3. The minimum Gasteiger partial charge on any atom is -0.358 e. The Bertz CT molecular complexity index is 1080. The molecule has 0 aliphatic heterocycles. The first-order valence-electron chi connectivity index (χ1n) is 8.70. The Kier molecular flexibility index (Phi) is 6.33. The van der Waals surface area contributed by atoms with Gasteiger partial charge in [0, 0.05) is 11.4 Å². The normalized spacial score (nSPS) is 10.9. The van der Waals surface area contributed by atoms with Crippen molar-refractivity contribution >= 4 is 44.9 Å². The molecule has 3 rings (SSSR count). The summed E-state index contributed by atoms with van der Waals surface area (Å²) in [5.41, 5.74) is 3.19. The van der Waals surface area contributed by atoms with E-state index < -0.39 is 4.92 Å². The Balaban J connectivity index is 1.65. The van der Waals surface area contributed by atoms with Crippen molar-refractivity contribution in [1.82, 2.24) is 19.6 Å². The molecule has 0 aliphatic carbocycles. The molecular weight excluding hydrogens is 464 g/mol. The van der Waals surface area contributed by atoms with Crippen LogP contribution in [0, 0.1) is 24.0 Å². The van der Waals surface area contributed by atoms with E-state index in [1.807, 2.05) is 42.8 Å². The van der Waals surface area contributed by atoms with Crippen molar-refractivity contribution in [3.8, 4) is 0 Å². The van der Waals surface area contributed by atoms with Gasteiger partial charge in [0.25, 0.3) is 0 Å². The van der Waals surface area contributed by atoms with Crippen LogP contribution < -0.4 is 5.32 Å². The van der Waals surface area contributed by atoms with Crippen LogP contribution in [0.25, 0.3) is 0 Å². The van der Waals surface area contributed by atoms with Gasteiger partial charge < -0.3 is 15.4 Å². The lowest BCUT2D eigenvalue weighted by Crippen LogP contribution is -2.16. The molecule has 0 fully saturated rings. The Morgan fingerprint density at radius 1 is 1.34 bits per heavy atom. The van der Waals surface area contributed by atoms with Gasteiger partial charge in [-0.05, 0) is 52.4 Å². The molecule has 0 unspecified atom stereocenters. The molecule has 0 aliphatic rings. The van der Waals surface area contributed by atoms with E-state index >= 15 is 0 Å². The molecule has 1 aromatic carbocycles. The summed E-state index contributed by atoms with van der Waals surface area (Å²) in [7, 11) is 0. The number of rotatable bonds is 7. The van der Waals surface area contributed by atoms with E-state index in [1.165, 1.54) is 10.9 Å². The number of amides is 1. The minimum absolute atomic E-state index is 0.115. The molecule has 0 radical (unpaired) electrons. The van der Waals surface area contributed by atoms with E-state index in [9.17, 15) is 14.9 Å². The highest BCUT2D eigenvalue weighted by Gasteiger charge is 2.19. The summed E-state index contributed by atoms with van der Waals surface area (Å²) in [4.78, 5) is 22.6. The summed E-state index contributed by atoms with van der Waals surface area (Å²) >= 11 is 9.12. The maximum atomic E-state index is 12.4. The van der Waals surface area contributed by atoms with Gasteiger partial charge in [-0.15, -0.1) is 0 Å². The van der Waals surface area contributed by atoms with E-state index in [-0.39, 0.29) is 29.2 Å². The second kappa shape index (κ2) is 8.75. The molecule has 29 heavy (non-hydrogen) atoms. The number of hydrogen-bond donors (Lipinski definition) is 1. The van der Waals surface area contributed by atoms with Crippen molar-refractivity contribution in [2.45, 2.75) is 33.4 Å². The summed E-state index contributed by atoms with van der Waals surface area (Å²) in [6.07, 6.45) is 1.59. The minimum atomic E-state index is -0.582. The lowest BCUT2D eigenvalue weighted by molar-refractivity contribution is -0.390. The maximum Gasteiger partial charge on any atom is 0.404 e. The highest BCUT2D eigenvalue weighted by molar-refractivity contribution is 9.10. The number of carbonyl (C=O) groups excluding carboxylic acids is 1. The fourth-order valence-corrected chi connectivity index (χ4v) is 3.56. The first kappa shape index (κ1) is 21.0. The zero-order valence-corrected chi connectivity index (χ0v) is 18.1. The molecule has 0 spiro atoms. The molecule has 2 aromatic heterocycles. The first-order valence-corrected chi connectivity index (χ1v) is 9.87. The van der Waals surface area contributed by atoms with Crippen LogP contribution in [0.15, 0.2) is 34.9 Å². The van der Waals surface area contributed by atoms with Gasteiger partial charge in [-0.25, -0.2) is 0 Å². The molecule has 152 valence electrons. The van der Waals surface area contributed by atoms with Gasteiger partial charge in [-0.2, -0.15) is 9.78 Å². The van der Waals surface area contributed by atoms with Crippen molar-refractivity contribution in [2.75, 3.05) is 5.32 Å². The van der Waals surface area contributed by atoms with E-state index in [2.05, 4.69) is 31.4 Å². The van der Waals surface area contributed by atoms with E-state index in [0.29, 0.717) is 22.9 Å². The molecule has 1 amide bonds. The van der Waals surface area contributed by atoms with Gasteiger partial charge in [0.15, 0.2) is 0 Å². The maximum absolute atomic E-state index is 12.4. The van der Waals surface area contributed by atoms with Crippen LogP contribution in [0.5, 0.6) is 0 Å². The van der Waals surface area contributed by atoms with Gasteiger partial charge in [0.2, 0.25) is 5.91 Å². The number of nitrogens with zero attached hydrogens (tertiary/aromatic N) is 5. The SMILES string of the molecule is Cc1nn(Cc2cccc(Cl)c2)c(C)c1NC(=O)CCn1cc(Br)c([N+](=O)[O-])n1. The molecule has 11 heteroatoms. The summed E-state index contributed by atoms with van der Waals surface area (Å²) in [5, 5.41) is 22.7.